The summed E-state index contributed by atoms with van der Waals surface area (Å²) in [5, 5.41) is 4.08. The first-order chi connectivity index (χ1) is 9.28. The molecule has 2 saturated carbocycles. The Kier molecular flexibility index (Phi) is 4.22. The zero-order valence-corrected chi connectivity index (χ0v) is 10.9. The van der Waals surface area contributed by atoms with Gasteiger partial charge in [0.15, 0.2) is 0 Å². The van der Waals surface area contributed by atoms with E-state index >= 15 is 0 Å². The number of fused-ring (bicyclic) bond motifs is 2. The third-order valence-corrected chi connectivity index (χ3v) is 4.19. The van der Waals surface area contributed by atoms with Crippen LogP contribution < -0.4 is 16.4 Å². The van der Waals surface area contributed by atoms with Crippen molar-refractivity contribution >= 4 is 11.8 Å². The quantitative estimate of drug-likeness (QED) is 0.690. The molecule has 8 heteroatoms. The van der Waals surface area contributed by atoms with Gasteiger partial charge in [-0.1, -0.05) is 0 Å². The second-order valence-electron chi connectivity index (χ2n) is 5.55. The maximum atomic E-state index is 12.0. The summed E-state index contributed by atoms with van der Waals surface area (Å²) in [6.07, 6.45) is -1.54. The highest BCUT2D eigenvalue weighted by Crippen LogP contribution is 2.47. The Labute approximate surface area is 114 Å². The zero-order valence-electron chi connectivity index (χ0n) is 10.9. The van der Waals surface area contributed by atoms with E-state index < -0.39 is 25.2 Å². The fourth-order valence-electron chi connectivity index (χ4n) is 3.27. The van der Waals surface area contributed by atoms with Crippen molar-refractivity contribution in [1.82, 2.24) is 10.6 Å². The summed E-state index contributed by atoms with van der Waals surface area (Å²) in [6, 6.07) is -0.202. The number of alkyl halides is 3. The number of hydrogen-bond donors (Lipinski definition) is 3. The van der Waals surface area contributed by atoms with Crippen molar-refractivity contribution in [3.63, 3.8) is 0 Å². The molecule has 2 fully saturated rings. The van der Waals surface area contributed by atoms with Crippen LogP contribution in [0.5, 0.6) is 0 Å². The average Bonchev–Trinajstić information content (AvgIpc) is 2.93. The lowest BCUT2D eigenvalue weighted by molar-refractivity contribution is -0.138. The van der Waals surface area contributed by atoms with Gasteiger partial charge in [0.1, 0.15) is 6.54 Å². The Hall–Kier alpha value is -1.31. The molecule has 2 amide bonds. The third-order valence-electron chi connectivity index (χ3n) is 4.19. The van der Waals surface area contributed by atoms with Gasteiger partial charge >= 0.3 is 6.18 Å². The molecule has 0 heterocycles. The Balaban J connectivity index is 1.74. The van der Waals surface area contributed by atoms with Crippen LogP contribution in [0.4, 0.5) is 13.2 Å². The summed E-state index contributed by atoms with van der Waals surface area (Å²) in [4.78, 5) is 23.2. The fourth-order valence-corrected chi connectivity index (χ4v) is 3.27. The third kappa shape index (κ3) is 3.41. The molecule has 2 bridgehead atoms. The van der Waals surface area contributed by atoms with Crippen LogP contribution in [-0.2, 0) is 9.59 Å². The molecule has 0 aromatic rings. The summed E-state index contributed by atoms with van der Waals surface area (Å²) < 4.78 is 35.7. The lowest BCUT2D eigenvalue weighted by atomic mass is 9.84. The minimum absolute atomic E-state index is 0.202. The van der Waals surface area contributed by atoms with Crippen molar-refractivity contribution in [3.8, 4) is 0 Å². The van der Waals surface area contributed by atoms with Gasteiger partial charge in [0.2, 0.25) is 11.8 Å². The van der Waals surface area contributed by atoms with Gasteiger partial charge in [-0.05, 0) is 31.1 Å². The van der Waals surface area contributed by atoms with Crippen LogP contribution in [0, 0.1) is 17.8 Å². The first-order valence-electron chi connectivity index (χ1n) is 6.64. The summed E-state index contributed by atoms with van der Waals surface area (Å²) in [5.74, 6) is -0.897. The largest absolute Gasteiger partial charge is 0.405 e. The van der Waals surface area contributed by atoms with Crippen molar-refractivity contribution in [2.75, 3.05) is 13.1 Å². The molecule has 0 aromatic carbocycles. The second kappa shape index (κ2) is 5.59. The van der Waals surface area contributed by atoms with E-state index in [2.05, 4.69) is 5.32 Å². The van der Waals surface area contributed by atoms with Crippen molar-refractivity contribution < 1.29 is 22.8 Å². The van der Waals surface area contributed by atoms with Gasteiger partial charge in [0.05, 0.1) is 12.5 Å². The normalized spacial score (nSPS) is 32.2. The lowest BCUT2D eigenvalue weighted by Gasteiger charge is -2.26. The maximum Gasteiger partial charge on any atom is 0.405 e. The molecule has 0 radical (unpaired) electrons. The van der Waals surface area contributed by atoms with Crippen molar-refractivity contribution in [2.24, 2.45) is 23.5 Å². The molecule has 0 spiro atoms. The molecule has 5 nitrogen and oxygen atoms in total. The zero-order chi connectivity index (χ0) is 14.9. The number of halogens is 3. The summed E-state index contributed by atoms with van der Waals surface area (Å²) in [5.41, 5.74) is 5.98. The van der Waals surface area contributed by atoms with E-state index in [-0.39, 0.29) is 23.8 Å². The average molecular weight is 293 g/mol. The SMILES string of the molecule is NC1C2CCC(C2)C1C(=O)NCC(=O)NCC(F)(F)F. The first kappa shape index (κ1) is 15.1. The Morgan fingerprint density at radius 3 is 2.35 bits per heavy atom. The molecular weight excluding hydrogens is 275 g/mol. The van der Waals surface area contributed by atoms with Crippen LogP contribution in [0.3, 0.4) is 0 Å². The smallest absolute Gasteiger partial charge is 0.347 e. The van der Waals surface area contributed by atoms with Crippen LogP contribution >= 0.6 is 0 Å². The predicted molar refractivity (Wildman–Crippen MR) is 64.4 cm³/mol. The fraction of sp³-hybridized carbons (Fsp3) is 0.833. The topological polar surface area (TPSA) is 84.2 Å². The van der Waals surface area contributed by atoms with Crippen LogP contribution in [0.2, 0.25) is 0 Å². The number of carbonyl (C=O) groups excluding carboxylic acids is 2. The Bertz CT molecular complexity index is 398. The van der Waals surface area contributed by atoms with Gasteiger partial charge in [-0.2, -0.15) is 13.2 Å². The summed E-state index contributed by atoms with van der Waals surface area (Å²) in [6.45, 7) is -1.84. The van der Waals surface area contributed by atoms with Crippen LogP contribution in [0.15, 0.2) is 0 Å². The van der Waals surface area contributed by atoms with E-state index in [0.717, 1.165) is 19.3 Å². The molecular formula is C12H18F3N3O2. The first-order valence-corrected chi connectivity index (χ1v) is 6.64. The van der Waals surface area contributed by atoms with Gasteiger partial charge in [-0.15, -0.1) is 0 Å². The van der Waals surface area contributed by atoms with Crippen LogP contribution in [0.1, 0.15) is 19.3 Å². The molecule has 0 aliphatic heterocycles. The molecule has 4 unspecified atom stereocenters. The molecule has 0 saturated heterocycles. The van der Waals surface area contributed by atoms with Crippen LogP contribution in [0.25, 0.3) is 0 Å². The van der Waals surface area contributed by atoms with Gasteiger partial charge in [0.25, 0.3) is 0 Å². The molecule has 0 aromatic heterocycles. The minimum atomic E-state index is -4.45. The second-order valence-corrected chi connectivity index (χ2v) is 5.55. The number of carbonyl (C=O) groups is 2. The number of hydrogen-bond acceptors (Lipinski definition) is 3. The summed E-state index contributed by atoms with van der Waals surface area (Å²) >= 11 is 0. The molecule has 4 N–H and O–H groups in total. The number of nitrogens with two attached hydrogens (primary N) is 1. The van der Waals surface area contributed by atoms with Gasteiger partial charge in [-0.3, -0.25) is 9.59 Å². The van der Waals surface area contributed by atoms with Crippen LogP contribution in [-0.4, -0.2) is 37.1 Å². The van der Waals surface area contributed by atoms with Crippen molar-refractivity contribution in [1.29, 1.82) is 0 Å². The highest BCUT2D eigenvalue weighted by molar-refractivity contribution is 5.86. The molecule has 114 valence electrons. The standard InChI is InChI=1S/C12H18F3N3O2/c13-12(14,15)5-18-8(19)4-17-11(20)9-6-1-2-7(3-6)10(9)16/h6-7,9-10H,1-5,16H2,(H,17,20)(H,18,19). The molecule has 2 aliphatic carbocycles. The highest BCUT2D eigenvalue weighted by atomic mass is 19.4. The number of amides is 2. The number of rotatable bonds is 4. The lowest BCUT2D eigenvalue weighted by Crippen LogP contribution is -2.48. The Morgan fingerprint density at radius 1 is 1.15 bits per heavy atom. The molecule has 4 atom stereocenters. The van der Waals surface area contributed by atoms with Gasteiger partial charge < -0.3 is 16.4 Å². The van der Waals surface area contributed by atoms with E-state index in [1.54, 1.807) is 5.32 Å². The maximum absolute atomic E-state index is 12.0. The van der Waals surface area contributed by atoms with Gasteiger partial charge in [-0.25, -0.2) is 0 Å². The number of nitrogens with one attached hydrogen (secondary N) is 2. The minimum Gasteiger partial charge on any atom is -0.347 e. The van der Waals surface area contributed by atoms with Crippen molar-refractivity contribution in [2.45, 2.75) is 31.5 Å². The van der Waals surface area contributed by atoms with E-state index in [9.17, 15) is 22.8 Å². The van der Waals surface area contributed by atoms with E-state index in [1.165, 1.54) is 0 Å². The summed E-state index contributed by atoms with van der Waals surface area (Å²) in [7, 11) is 0. The van der Waals surface area contributed by atoms with E-state index in [0.29, 0.717) is 5.92 Å². The van der Waals surface area contributed by atoms with Gasteiger partial charge in [0, 0.05) is 6.04 Å². The molecule has 2 aliphatic rings. The highest BCUT2D eigenvalue weighted by Gasteiger charge is 2.49. The van der Waals surface area contributed by atoms with E-state index in [1.807, 2.05) is 0 Å². The van der Waals surface area contributed by atoms with E-state index in [4.69, 9.17) is 5.73 Å². The monoisotopic (exact) mass is 293 g/mol. The predicted octanol–water partition coefficient (Wildman–Crippen LogP) is 0.154. The molecule has 2 rings (SSSR count). The Morgan fingerprint density at radius 2 is 1.80 bits per heavy atom. The molecule has 20 heavy (non-hydrogen) atoms. The van der Waals surface area contributed by atoms with Crippen molar-refractivity contribution in [3.05, 3.63) is 0 Å².